The fraction of sp³-hybridized carbons (Fsp3) is 1.00. The molecule has 2 unspecified atom stereocenters. The Morgan fingerprint density at radius 3 is 2.69 bits per heavy atom. The Hall–Kier alpha value is 0.310. The lowest BCUT2D eigenvalue weighted by Crippen LogP contribution is -2.49. The molecule has 2 fully saturated rings. The maximum Gasteiger partial charge on any atom is 0.0652 e. The summed E-state index contributed by atoms with van der Waals surface area (Å²) in [6.07, 6.45) is 7.09. The van der Waals surface area contributed by atoms with E-state index in [1.54, 1.807) is 0 Å². The molecule has 1 aliphatic heterocycles. The lowest BCUT2D eigenvalue weighted by molar-refractivity contribution is 0.213. The molecular weight excluding hydrogens is 214 g/mol. The summed E-state index contributed by atoms with van der Waals surface area (Å²) < 4.78 is 0. The fourth-order valence-electron chi connectivity index (χ4n) is 3.47. The van der Waals surface area contributed by atoms with E-state index in [0.29, 0.717) is 10.4 Å². The van der Waals surface area contributed by atoms with E-state index >= 15 is 0 Å². The summed E-state index contributed by atoms with van der Waals surface area (Å²) in [5.74, 6) is 3.10. The number of nitrogens with one attached hydrogen (secondary N) is 1. The van der Waals surface area contributed by atoms with E-state index < -0.39 is 0 Å². The van der Waals surface area contributed by atoms with Crippen LogP contribution in [0.5, 0.6) is 0 Å². The van der Waals surface area contributed by atoms with E-state index in [1.807, 2.05) is 0 Å². The molecule has 94 valence electrons. The van der Waals surface area contributed by atoms with E-state index in [-0.39, 0.29) is 0 Å². The Balaban J connectivity index is 1.96. The molecule has 0 aromatic carbocycles. The van der Waals surface area contributed by atoms with Gasteiger partial charge in [0.1, 0.15) is 0 Å². The quantitative estimate of drug-likeness (QED) is 0.783. The highest BCUT2D eigenvalue weighted by molar-refractivity contribution is 8.00. The molecule has 2 heteroatoms. The van der Waals surface area contributed by atoms with E-state index in [4.69, 9.17) is 0 Å². The second-order valence-electron chi connectivity index (χ2n) is 6.88. The molecule has 1 spiro atoms. The van der Waals surface area contributed by atoms with Crippen molar-refractivity contribution < 1.29 is 0 Å². The van der Waals surface area contributed by atoms with Crippen LogP contribution < -0.4 is 5.32 Å². The summed E-state index contributed by atoms with van der Waals surface area (Å²) in [7, 11) is 0. The van der Waals surface area contributed by atoms with Crippen LogP contribution in [0.15, 0.2) is 0 Å². The van der Waals surface area contributed by atoms with Crippen LogP contribution in [0, 0.1) is 11.8 Å². The summed E-state index contributed by atoms with van der Waals surface area (Å²) >= 11 is 2.19. The molecule has 16 heavy (non-hydrogen) atoms. The van der Waals surface area contributed by atoms with Gasteiger partial charge in [-0.2, -0.15) is 0 Å². The minimum Gasteiger partial charge on any atom is -0.297 e. The summed E-state index contributed by atoms with van der Waals surface area (Å²) in [4.78, 5) is 0.432. The van der Waals surface area contributed by atoms with Crippen LogP contribution in [-0.4, -0.2) is 16.2 Å². The number of hydrogen-bond acceptors (Lipinski definition) is 2. The first-order valence-corrected chi connectivity index (χ1v) is 7.83. The van der Waals surface area contributed by atoms with Crippen LogP contribution >= 0.6 is 11.8 Å². The molecule has 1 aliphatic carbocycles. The molecule has 1 nitrogen and oxygen atoms in total. The van der Waals surface area contributed by atoms with Crippen molar-refractivity contribution in [2.24, 2.45) is 11.8 Å². The van der Waals surface area contributed by atoms with Gasteiger partial charge in [0.05, 0.1) is 4.87 Å². The molecule has 2 atom stereocenters. The van der Waals surface area contributed by atoms with Gasteiger partial charge in [-0.25, -0.2) is 0 Å². The standard InChI is InChI=1S/C14H27NS/c1-11(2)8-12-6-5-7-14(9-12)15-13(3,4)10-16-14/h11-12,15H,5-10H2,1-4H3. The summed E-state index contributed by atoms with van der Waals surface area (Å²) in [6, 6.07) is 0. The lowest BCUT2D eigenvalue weighted by Gasteiger charge is -2.39. The molecule has 2 rings (SSSR count). The van der Waals surface area contributed by atoms with Gasteiger partial charge < -0.3 is 0 Å². The Kier molecular flexibility index (Phi) is 3.61. The van der Waals surface area contributed by atoms with Gasteiger partial charge in [-0.15, -0.1) is 11.8 Å². The topological polar surface area (TPSA) is 12.0 Å². The zero-order chi connectivity index (χ0) is 11.8. The first-order chi connectivity index (χ1) is 7.41. The van der Waals surface area contributed by atoms with Crippen LogP contribution in [0.2, 0.25) is 0 Å². The van der Waals surface area contributed by atoms with Gasteiger partial charge in [0.2, 0.25) is 0 Å². The van der Waals surface area contributed by atoms with Crippen LogP contribution in [0.25, 0.3) is 0 Å². The maximum atomic E-state index is 3.91. The van der Waals surface area contributed by atoms with E-state index in [9.17, 15) is 0 Å². The van der Waals surface area contributed by atoms with Gasteiger partial charge in [-0.1, -0.05) is 26.7 Å². The summed E-state index contributed by atoms with van der Waals surface area (Å²) in [5.41, 5.74) is 0.352. The molecule has 1 heterocycles. The third-order valence-electron chi connectivity index (χ3n) is 3.89. The molecule has 1 saturated carbocycles. The Morgan fingerprint density at radius 2 is 2.12 bits per heavy atom. The van der Waals surface area contributed by atoms with Crippen molar-refractivity contribution in [2.75, 3.05) is 5.75 Å². The third kappa shape index (κ3) is 2.95. The van der Waals surface area contributed by atoms with Crippen molar-refractivity contribution in [2.45, 2.75) is 70.2 Å². The largest absolute Gasteiger partial charge is 0.297 e. The Morgan fingerprint density at radius 1 is 1.38 bits per heavy atom. The van der Waals surface area contributed by atoms with Crippen molar-refractivity contribution in [3.63, 3.8) is 0 Å². The van der Waals surface area contributed by atoms with Crippen molar-refractivity contribution >= 4 is 11.8 Å². The fourth-order valence-corrected chi connectivity index (χ4v) is 5.17. The van der Waals surface area contributed by atoms with Crippen molar-refractivity contribution in [1.29, 1.82) is 0 Å². The van der Waals surface area contributed by atoms with E-state index in [2.05, 4.69) is 44.8 Å². The molecule has 0 radical (unpaired) electrons. The SMILES string of the molecule is CC(C)CC1CCCC2(C1)NC(C)(C)CS2. The van der Waals surface area contributed by atoms with Crippen molar-refractivity contribution in [3.05, 3.63) is 0 Å². The van der Waals surface area contributed by atoms with Crippen LogP contribution in [-0.2, 0) is 0 Å². The molecule has 0 aromatic heterocycles. The monoisotopic (exact) mass is 241 g/mol. The minimum absolute atomic E-state index is 0.352. The zero-order valence-electron chi connectivity index (χ0n) is 11.3. The smallest absolute Gasteiger partial charge is 0.0652 e. The highest BCUT2D eigenvalue weighted by Crippen LogP contribution is 2.47. The molecule has 0 bridgehead atoms. The first-order valence-electron chi connectivity index (χ1n) is 6.84. The normalized spacial score (nSPS) is 38.4. The molecule has 0 amide bonds. The van der Waals surface area contributed by atoms with E-state index in [0.717, 1.165) is 11.8 Å². The van der Waals surface area contributed by atoms with Gasteiger partial charge in [-0.05, 0) is 44.9 Å². The molecule has 1 N–H and O–H groups in total. The predicted molar refractivity (Wildman–Crippen MR) is 73.8 cm³/mol. The zero-order valence-corrected chi connectivity index (χ0v) is 12.1. The second kappa shape index (κ2) is 4.53. The van der Waals surface area contributed by atoms with Crippen LogP contribution in [0.1, 0.15) is 59.8 Å². The lowest BCUT2D eigenvalue weighted by atomic mass is 9.80. The van der Waals surface area contributed by atoms with Gasteiger partial charge in [0.15, 0.2) is 0 Å². The van der Waals surface area contributed by atoms with Crippen molar-refractivity contribution in [3.8, 4) is 0 Å². The Bertz CT molecular complexity index is 249. The molecule has 1 saturated heterocycles. The summed E-state index contributed by atoms with van der Waals surface area (Å²) in [5, 5.41) is 3.91. The predicted octanol–water partition coefficient (Wildman–Crippen LogP) is 4.03. The van der Waals surface area contributed by atoms with Crippen LogP contribution in [0.4, 0.5) is 0 Å². The third-order valence-corrected chi connectivity index (χ3v) is 5.78. The van der Waals surface area contributed by atoms with Crippen LogP contribution in [0.3, 0.4) is 0 Å². The number of hydrogen-bond donors (Lipinski definition) is 1. The second-order valence-corrected chi connectivity index (χ2v) is 8.24. The average Bonchev–Trinajstić information content (AvgIpc) is 2.40. The highest BCUT2D eigenvalue weighted by Gasteiger charge is 2.45. The Labute approximate surface area is 105 Å². The van der Waals surface area contributed by atoms with Gasteiger partial charge in [-0.3, -0.25) is 5.32 Å². The molecule has 0 aromatic rings. The first kappa shape index (κ1) is 12.8. The van der Waals surface area contributed by atoms with Gasteiger partial charge in [0, 0.05) is 11.3 Å². The maximum absolute atomic E-state index is 3.91. The van der Waals surface area contributed by atoms with Gasteiger partial charge in [0.25, 0.3) is 0 Å². The van der Waals surface area contributed by atoms with E-state index in [1.165, 1.54) is 37.9 Å². The number of thioether (sulfide) groups is 1. The molecule has 2 aliphatic rings. The van der Waals surface area contributed by atoms with Crippen molar-refractivity contribution in [1.82, 2.24) is 5.32 Å². The van der Waals surface area contributed by atoms with Gasteiger partial charge >= 0.3 is 0 Å². The highest BCUT2D eigenvalue weighted by atomic mass is 32.2. The molecular formula is C14H27NS. The number of rotatable bonds is 2. The average molecular weight is 241 g/mol. The summed E-state index contributed by atoms with van der Waals surface area (Å²) in [6.45, 7) is 9.42. The minimum atomic E-state index is 0.352.